The quantitative estimate of drug-likeness (QED) is 0.747. The normalized spacial score (nSPS) is 12.1. The van der Waals surface area contributed by atoms with E-state index < -0.39 is 0 Å². The van der Waals surface area contributed by atoms with Crippen molar-refractivity contribution in [1.29, 1.82) is 0 Å². The number of ether oxygens (including phenoxy) is 2. The summed E-state index contributed by atoms with van der Waals surface area (Å²) in [5, 5.41) is 0. The molecule has 2 nitrogen and oxygen atoms in total. The van der Waals surface area contributed by atoms with Gasteiger partial charge in [-0.25, -0.2) is 0 Å². The highest BCUT2D eigenvalue weighted by atomic mass is 16.5. The Morgan fingerprint density at radius 2 is 1.47 bits per heavy atom. The van der Waals surface area contributed by atoms with E-state index >= 15 is 0 Å². The maximum atomic E-state index is 5.69. The summed E-state index contributed by atoms with van der Waals surface area (Å²) in [5.74, 6) is 1.29. The van der Waals surface area contributed by atoms with Crippen molar-refractivity contribution < 1.29 is 9.47 Å². The summed E-state index contributed by atoms with van der Waals surface area (Å²) >= 11 is 0. The average Bonchev–Trinajstić information content (AvgIpc) is 2.47. The minimum atomic E-state index is 0.379. The van der Waals surface area contributed by atoms with Crippen LogP contribution in [0.15, 0.2) is 60.7 Å². The van der Waals surface area contributed by atoms with Gasteiger partial charge in [-0.05, 0) is 17.7 Å². The van der Waals surface area contributed by atoms with Gasteiger partial charge < -0.3 is 9.47 Å². The van der Waals surface area contributed by atoms with Gasteiger partial charge in [-0.15, -0.1) is 0 Å². The summed E-state index contributed by atoms with van der Waals surface area (Å²) in [6.45, 7) is 4.19. The number of hydrogen-bond acceptors (Lipinski definition) is 2. The van der Waals surface area contributed by atoms with E-state index in [4.69, 9.17) is 9.47 Å². The monoisotopic (exact) mass is 256 g/mol. The molecule has 100 valence electrons. The van der Waals surface area contributed by atoms with Gasteiger partial charge in [-0.2, -0.15) is 0 Å². The molecule has 0 aliphatic heterocycles. The Bertz CT molecular complexity index is 453. The molecule has 2 aromatic rings. The molecule has 0 heterocycles. The Kier molecular flexibility index (Phi) is 5.45. The molecule has 0 spiro atoms. The summed E-state index contributed by atoms with van der Waals surface area (Å²) in [4.78, 5) is 0. The first kappa shape index (κ1) is 13.6. The highest BCUT2D eigenvalue weighted by Gasteiger charge is 2.03. The Morgan fingerprint density at radius 1 is 0.842 bits per heavy atom. The number of benzene rings is 2. The van der Waals surface area contributed by atoms with Gasteiger partial charge >= 0.3 is 0 Å². The third-order valence-corrected chi connectivity index (χ3v) is 2.79. The van der Waals surface area contributed by atoms with E-state index in [0.29, 0.717) is 25.7 Å². The summed E-state index contributed by atoms with van der Waals surface area (Å²) in [5.41, 5.74) is 1.21. The van der Waals surface area contributed by atoms with Crippen molar-refractivity contribution in [2.24, 2.45) is 5.92 Å². The molecule has 0 saturated heterocycles. The van der Waals surface area contributed by atoms with Gasteiger partial charge in [0.25, 0.3) is 0 Å². The summed E-state index contributed by atoms with van der Waals surface area (Å²) in [6, 6.07) is 20.1. The first-order chi connectivity index (χ1) is 9.34. The minimum Gasteiger partial charge on any atom is -0.493 e. The number of para-hydroxylation sites is 1. The molecule has 0 bridgehead atoms. The standard InChI is InChI=1S/C17H20O2/c1-15(13-19-17-10-6-3-7-11-17)12-18-14-16-8-4-2-5-9-16/h2-11,15H,12-14H2,1H3. The molecule has 0 radical (unpaired) electrons. The second-order valence-corrected chi connectivity index (χ2v) is 4.73. The third kappa shape index (κ3) is 5.14. The van der Waals surface area contributed by atoms with E-state index in [0.717, 1.165) is 5.75 Å². The minimum absolute atomic E-state index is 0.379. The molecule has 0 aliphatic carbocycles. The summed E-state index contributed by atoms with van der Waals surface area (Å²) in [6.07, 6.45) is 0. The number of hydrogen-bond donors (Lipinski definition) is 0. The van der Waals surface area contributed by atoms with Crippen molar-refractivity contribution in [2.45, 2.75) is 13.5 Å². The van der Waals surface area contributed by atoms with Crippen LogP contribution in [0, 0.1) is 5.92 Å². The van der Waals surface area contributed by atoms with Crippen LogP contribution >= 0.6 is 0 Å². The van der Waals surface area contributed by atoms with Gasteiger partial charge in [0.2, 0.25) is 0 Å². The topological polar surface area (TPSA) is 18.5 Å². The molecule has 2 aromatic carbocycles. The molecule has 1 unspecified atom stereocenters. The van der Waals surface area contributed by atoms with Crippen molar-refractivity contribution >= 4 is 0 Å². The van der Waals surface area contributed by atoms with Crippen molar-refractivity contribution in [3.63, 3.8) is 0 Å². The first-order valence-electron chi connectivity index (χ1n) is 6.64. The van der Waals surface area contributed by atoms with Gasteiger partial charge in [0, 0.05) is 5.92 Å². The van der Waals surface area contributed by atoms with Crippen LogP contribution in [0.1, 0.15) is 12.5 Å². The molecule has 2 heteroatoms. The van der Waals surface area contributed by atoms with E-state index in [1.807, 2.05) is 48.5 Å². The van der Waals surface area contributed by atoms with Crippen LogP contribution < -0.4 is 4.74 Å². The second-order valence-electron chi connectivity index (χ2n) is 4.73. The molecule has 2 rings (SSSR count). The molecule has 0 amide bonds. The van der Waals surface area contributed by atoms with Gasteiger partial charge in [-0.1, -0.05) is 55.5 Å². The molecule has 0 fully saturated rings. The highest BCUT2D eigenvalue weighted by molar-refractivity contribution is 5.20. The fourth-order valence-corrected chi connectivity index (χ4v) is 1.76. The van der Waals surface area contributed by atoms with Crippen molar-refractivity contribution in [3.8, 4) is 5.75 Å². The van der Waals surface area contributed by atoms with Crippen LogP contribution in [0.4, 0.5) is 0 Å². The lowest BCUT2D eigenvalue weighted by atomic mass is 10.2. The molecule has 0 N–H and O–H groups in total. The smallest absolute Gasteiger partial charge is 0.119 e. The Balaban J connectivity index is 1.64. The molecule has 0 saturated carbocycles. The fraction of sp³-hybridized carbons (Fsp3) is 0.294. The molecule has 0 aromatic heterocycles. The van der Waals surface area contributed by atoms with E-state index in [2.05, 4.69) is 19.1 Å². The lowest BCUT2D eigenvalue weighted by Gasteiger charge is -2.13. The van der Waals surface area contributed by atoms with E-state index in [1.54, 1.807) is 0 Å². The first-order valence-corrected chi connectivity index (χ1v) is 6.64. The average molecular weight is 256 g/mol. The molecular weight excluding hydrogens is 236 g/mol. The van der Waals surface area contributed by atoms with E-state index in [9.17, 15) is 0 Å². The van der Waals surface area contributed by atoms with Crippen LogP contribution in [-0.4, -0.2) is 13.2 Å². The SMILES string of the molecule is CC(COCc1ccccc1)COc1ccccc1. The van der Waals surface area contributed by atoms with Gasteiger partial charge in [0.15, 0.2) is 0 Å². The third-order valence-electron chi connectivity index (χ3n) is 2.79. The van der Waals surface area contributed by atoms with Gasteiger partial charge in [0.05, 0.1) is 19.8 Å². The Hall–Kier alpha value is -1.80. The predicted molar refractivity (Wildman–Crippen MR) is 77.2 cm³/mol. The maximum Gasteiger partial charge on any atom is 0.119 e. The molecule has 19 heavy (non-hydrogen) atoms. The molecule has 1 atom stereocenters. The van der Waals surface area contributed by atoms with Crippen LogP contribution in [0.25, 0.3) is 0 Å². The van der Waals surface area contributed by atoms with Gasteiger partial charge in [0.1, 0.15) is 5.75 Å². The molecule has 0 aliphatic rings. The van der Waals surface area contributed by atoms with Crippen molar-refractivity contribution in [2.75, 3.05) is 13.2 Å². The zero-order valence-corrected chi connectivity index (χ0v) is 11.3. The fourth-order valence-electron chi connectivity index (χ4n) is 1.76. The Labute approximate surface area is 115 Å². The number of rotatable bonds is 7. The largest absolute Gasteiger partial charge is 0.493 e. The maximum absolute atomic E-state index is 5.69. The van der Waals surface area contributed by atoms with Crippen LogP contribution in [-0.2, 0) is 11.3 Å². The summed E-state index contributed by atoms with van der Waals surface area (Å²) in [7, 11) is 0. The van der Waals surface area contributed by atoms with Crippen LogP contribution in [0.3, 0.4) is 0 Å². The zero-order valence-electron chi connectivity index (χ0n) is 11.3. The lowest BCUT2D eigenvalue weighted by Crippen LogP contribution is -2.14. The van der Waals surface area contributed by atoms with E-state index in [1.165, 1.54) is 5.56 Å². The lowest BCUT2D eigenvalue weighted by molar-refractivity contribution is 0.0742. The molecular formula is C17H20O2. The van der Waals surface area contributed by atoms with Crippen LogP contribution in [0.2, 0.25) is 0 Å². The van der Waals surface area contributed by atoms with Crippen LogP contribution in [0.5, 0.6) is 5.75 Å². The predicted octanol–water partition coefficient (Wildman–Crippen LogP) is 3.92. The zero-order chi connectivity index (χ0) is 13.3. The summed E-state index contributed by atoms with van der Waals surface area (Å²) < 4.78 is 11.4. The van der Waals surface area contributed by atoms with Crippen molar-refractivity contribution in [1.82, 2.24) is 0 Å². The van der Waals surface area contributed by atoms with Gasteiger partial charge in [-0.3, -0.25) is 0 Å². The second kappa shape index (κ2) is 7.59. The Morgan fingerprint density at radius 3 is 2.16 bits per heavy atom. The van der Waals surface area contributed by atoms with Crippen molar-refractivity contribution in [3.05, 3.63) is 66.2 Å². The highest BCUT2D eigenvalue weighted by Crippen LogP contribution is 2.10. The van der Waals surface area contributed by atoms with E-state index in [-0.39, 0.29) is 0 Å².